The van der Waals surface area contributed by atoms with Gasteiger partial charge in [0.2, 0.25) is 0 Å². The molecule has 1 N–H and O–H groups in total. The van der Waals surface area contributed by atoms with Gasteiger partial charge in [0.1, 0.15) is 5.78 Å². The molecule has 3 aliphatic carbocycles. The summed E-state index contributed by atoms with van der Waals surface area (Å²) in [6.45, 7) is 2.21. The summed E-state index contributed by atoms with van der Waals surface area (Å²) < 4.78 is 0. The molecule has 2 saturated carbocycles. The summed E-state index contributed by atoms with van der Waals surface area (Å²) >= 11 is 0. The monoisotopic (exact) mass is 610 g/mol. The maximum atomic E-state index is 14.0. The van der Waals surface area contributed by atoms with E-state index in [1.807, 2.05) is 6.07 Å². The van der Waals surface area contributed by atoms with Crippen LogP contribution in [-0.2, 0) is 24.1 Å². The molecular weight excluding hydrogens is 560 g/mol. The number of terminal acetylenes is 1. The zero-order valence-corrected chi connectivity index (χ0v) is 27.5. The molecule has 46 heavy (non-hydrogen) atoms. The number of benzene rings is 3. The lowest BCUT2D eigenvalue weighted by atomic mass is 9.70. The minimum absolute atomic E-state index is 0.0471. The van der Waals surface area contributed by atoms with Gasteiger partial charge >= 0.3 is 0 Å². The van der Waals surface area contributed by atoms with E-state index >= 15 is 0 Å². The molecule has 3 aromatic rings. The molecule has 3 aromatic carbocycles. The maximum absolute atomic E-state index is 14.0. The fraction of sp³-hybridized carbons (Fsp3) is 0.432. The fourth-order valence-corrected chi connectivity index (χ4v) is 8.37. The molecule has 0 heterocycles. The minimum atomic E-state index is -0.210. The summed E-state index contributed by atoms with van der Waals surface area (Å²) in [5.74, 6) is 5.02. The van der Waals surface area contributed by atoms with Crippen LogP contribution in [0.2, 0.25) is 0 Å². The molecule has 0 aliphatic heterocycles. The van der Waals surface area contributed by atoms with Crippen molar-refractivity contribution >= 4 is 11.4 Å². The average Bonchev–Trinajstić information content (AvgIpc) is 3.53. The van der Waals surface area contributed by atoms with Crippen molar-refractivity contribution in [2.45, 2.75) is 96.0 Å². The van der Waals surface area contributed by atoms with Gasteiger partial charge in [-0.2, -0.15) is 0 Å². The third-order valence-corrected chi connectivity index (χ3v) is 11.0. The second-order valence-electron chi connectivity index (χ2n) is 14.3. The largest absolute Gasteiger partial charge is 0.393 e. The lowest BCUT2D eigenvalue weighted by molar-refractivity contribution is -0.122. The molecule has 2 fully saturated rings. The van der Waals surface area contributed by atoms with E-state index in [4.69, 9.17) is 6.42 Å². The fourth-order valence-electron chi connectivity index (χ4n) is 8.37. The number of aliphatic hydroxyl groups excluding tert-OH is 1. The van der Waals surface area contributed by atoms with Crippen molar-refractivity contribution < 1.29 is 9.90 Å². The summed E-state index contributed by atoms with van der Waals surface area (Å²) in [6, 6.07) is 26.0. The van der Waals surface area contributed by atoms with E-state index in [1.54, 1.807) is 0 Å². The highest BCUT2D eigenvalue weighted by atomic mass is 16.3. The number of rotatable bonds is 11. The van der Waals surface area contributed by atoms with Gasteiger partial charge in [-0.05, 0) is 121 Å². The van der Waals surface area contributed by atoms with E-state index < -0.39 is 0 Å². The molecule has 0 radical (unpaired) electrons. The first kappa shape index (κ1) is 32.3. The van der Waals surface area contributed by atoms with Gasteiger partial charge in [0.15, 0.2) is 0 Å². The Morgan fingerprint density at radius 2 is 1.65 bits per heavy atom. The molecule has 2 heteroatoms. The molecule has 238 valence electrons. The van der Waals surface area contributed by atoms with Crippen molar-refractivity contribution in [2.24, 2.45) is 23.7 Å². The summed E-state index contributed by atoms with van der Waals surface area (Å²) in [7, 11) is 0. The standard InChI is InChI=1S/C44H50O2/c1-3-35-19-16-34(29-41(35)30-40-11-7-8-12-42(40)45)28-33-14-20-37(21-15-33)44(43(46)26-17-32-9-5-4-6-10-32)38-24-22-36(23-25-38)39-18-13-31(2)27-39/h1,4-6,9-10,13,16,18-19,22-25,27,29,31,33,37,40,42,44-45H,7-8,11-12,14-15,17,20-21,26,28,30H2,2H3/t31?,33?,37?,40?,42-,44?/m1/s1. The van der Waals surface area contributed by atoms with Gasteiger partial charge in [0.25, 0.3) is 0 Å². The summed E-state index contributed by atoms with van der Waals surface area (Å²) in [6.07, 6.45) is 24.5. The number of aliphatic hydroxyl groups is 1. The predicted molar refractivity (Wildman–Crippen MR) is 190 cm³/mol. The van der Waals surface area contributed by atoms with E-state index in [0.29, 0.717) is 35.9 Å². The maximum Gasteiger partial charge on any atom is 0.140 e. The Bertz CT molecular complexity index is 1560. The molecule has 6 rings (SSSR count). The summed E-state index contributed by atoms with van der Waals surface area (Å²) in [4.78, 5) is 14.0. The normalized spacial score (nSPS) is 25.1. The van der Waals surface area contributed by atoms with Gasteiger partial charge in [-0.25, -0.2) is 0 Å². The van der Waals surface area contributed by atoms with Crippen LogP contribution in [0.1, 0.15) is 104 Å². The highest BCUT2D eigenvalue weighted by molar-refractivity contribution is 5.86. The Hall–Kier alpha value is -3.67. The summed E-state index contributed by atoms with van der Waals surface area (Å²) in [5.41, 5.74) is 8.49. The highest BCUT2D eigenvalue weighted by Crippen LogP contribution is 2.41. The second kappa shape index (κ2) is 15.3. The number of allylic oxidation sites excluding steroid dienone is 4. The van der Waals surface area contributed by atoms with Crippen molar-refractivity contribution in [1.82, 2.24) is 0 Å². The van der Waals surface area contributed by atoms with Crippen molar-refractivity contribution in [3.63, 3.8) is 0 Å². The van der Waals surface area contributed by atoms with E-state index in [-0.39, 0.29) is 12.0 Å². The molecule has 2 nitrogen and oxygen atoms in total. The SMILES string of the molecule is C#Cc1ccc(CC2CCC(C(C(=O)CCc3ccccc3)c3ccc(C4=CC(C)C=C4)cc3)CC2)cc1CC1CCCC[C@H]1O. The van der Waals surface area contributed by atoms with Gasteiger partial charge in [0, 0.05) is 17.9 Å². The van der Waals surface area contributed by atoms with Crippen molar-refractivity contribution in [2.75, 3.05) is 0 Å². The molecule has 0 aromatic heterocycles. The van der Waals surface area contributed by atoms with Crippen molar-refractivity contribution in [1.29, 1.82) is 0 Å². The Labute approximate surface area is 277 Å². The van der Waals surface area contributed by atoms with Crippen molar-refractivity contribution in [3.05, 3.63) is 124 Å². The van der Waals surface area contributed by atoms with Crippen LogP contribution in [0.5, 0.6) is 0 Å². The molecule has 0 saturated heterocycles. The van der Waals surface area contributed by atoms with Crippen LogP contribution in [0, 0.1) is 36.0 Å². The second-order valence-corrected chi connectivity index (χ2v) is 14.3. The first-order valence-electron chi connectivity index (χ1n) is 17.8. The number of ketones is 1. The zero-order valence-electron chi connectivity index (χ0n) is 27.5. The molecule has 3 aliphatic rings. The zero-order chi connectivity index (χ0) is 31.9. The number of aryl methyl sites for hydroxylation is 1. The van der Waals surface area contributed by atoms with E-state index in [0.717, 1.165) is 69.8 Å². The number of carbonyl (C=O) groups is 1. The van der Waals surface area contributed by atoms with Crippen LogP contribution in [0.15, 0.2) is 91.0 Å². The Balaban J connectivity index is 1.13. The first-order chi connectivity index (χ1) is 22.5. The quantitative estimate of drug-likeness (QED) is 0.220. The van der Waals surface area contributed by atoms with Gasteiger partial charge < -0.3 is 5.11 Å². The molecule has 0 amide bonds. The molecular formula is C44H50O2. The van der Waals surface area contributed by atoms with Gasteiger partial charge in [0.05, 0.1) is 6.10 Å². The molecule has 0 bridgehead atoms. The van der Waals surface area contributed by atoms with Crippen LogP contribution in [0.4, 0.5) is 0 Å². The number of Topliss-reactive ketones (excluding diaryl/α,β-unsaturated/α-hetero) is 1. The first-order valence-corrected chi connectivity index (χ1v) is 17.8. The van der Waals surface area contributed by atoms with Gasteiger partial charge in [-0.3, -0.25) is 4.79 Å². The highest BCUT2D eigenvalue weighted by Gasteiger charge is 2.33. The van der Waals surface area contributed by atoms with Crippen LogP contribution in [0.3, 0.4) is 0 Å². The summed E-state index contributed by atoms with van der Waals surface area (Å²) in [5, 5.41) is 10.6. The lowest BCUT2D eigenvalue weighted by Crippen LogP contribution is -2.27. The Morgan fingerprint density at radius 1 is 0.891 bits per heavy atom. The molecule has 3 unspecified atom stereocenters. The van der Waals surface area contributed by atoms with E-state index in [2.05, 4.69) is 97.8 Å². The number of hydrogen-bond acceptors (Lipinski definition) is 2. The topological polar surface area (TPSA) is 37.3 Å². The lowest BCUT2D eigenvalue weighted by Gasteiger charge is -2.34. The van der Waals surface area contributed by atoms with Crippen LogP contribution < -0.4 is 0 Å². The third kappa shape index (κ3) is 8.00. The average molecular weight is 611 g/mol. The van der Waals surface area contributed by atoms with Crippen LogP contribution in [-0.4, -0.2) is 17.0 Å². The van der Waals surface area contributed by atoms with E-state index in [9.17, 15) is 9.90 Å². The van der Waals surface area contributed by atoms with Gasteiger partial charge in [-0.1, -0.05) is 111 Å². The van der Waals surface area contributed by atoms with Crippen LogP contribution >= 0.6 is 0 Å². The molecule has 0 spiro atoms. The van der Waals surface area contributed by atoms with E-state index in [1.165, 1.54) is 39.8 Å². The predicted octanol–water partition coefficient (Wildman–Crippen LogP) is 9.69. The number of hydrogen-bond donors (Lipinski definition) is 1. The Morgan fingerprint density at radius 3 is 2.35 bits per heavy atom. The van der Waals surface area contributed by atoms with Gasteiger partial charge in [-0.15, -0.1) is 6.42 Å². The number of carbonyl (C=O) groups excluding carboxylic acids is 1. The molecule has 4 atom stereocenters. The third-order valence-electron chi connectivity index (χ3n) is 11.0. The van der Waals surface area contributed by atoms with Crippen LogP contribution in [0.25, 0.3) is 5.57 Å². The minimum Gasteiger partial charge on any atom is -0.393 e. The smallest absolute Gasteiger partial charge is 0.140 e. The Kier molecular flexibility index (Phi) is 10.7. The van der Waals surface area contributed by atoms with Crippen molar-refractivity contribution in [3.8, 4) is 12.3 Å².